The van der Waals surface area contributed by atoms with Gasteiger partial charge in [-0.25, -0.2) is 13.2 Å². The number of carbonyl (C=O) groups excluding carboxylic acids is 1. The molecular formula is C38H40N4O10S. The molecule has 0 aliphatic carbocycles. The highest BCUT2D eigenvalue weighted by Crippen LogP contribution is 2.33. The number of hydrogen-bond acceptors (Lipinski definition) is 10. The van der Waals surface area contributed by atoms with Gasteiger partial charge < -0.3 is 33.6 Å². The van der Waals surface area contributed by atoms with Crippen molar-refractivity contribution in [3.05, 3.63) is 117 Å². The minimum Gasteiger partial charge on any atom is -0.497 e. The Morgan fingerprint density at radius 1 is 1.00 bits per heavy atom. The van der Waals surface area contributed by atoms with Crippen LogP contribution in [0.5, 0.6) is 5.75 Å². The molecule has 3 aromatic carbocycles. The predicted molar refractivity (Wildman–Crippen MR) is 195 cm³/mol. The summed E-state index contributed by atoms with van der Waals surface area (Å²) in [5, 5.41) is 10.1. The highest BCUT2D eigenvalue weighted by Gasteiger charge is 2.35. The number of aliphatic hydroxyl groups excluding tert-OH is 1. The molecule has 5 aromatic rings. The number of imidazole rings is 1. The van der Waals surface area contributed by atoms with Crippen LogP contribution >= 0.6 is 0 Å². The Morgan fingerprint density at radius 3 is 2.49 bits per heavy atom. The lowest BCUT2D eigenvalue weighted by Crippen LogP contribution is -2.43. The van der Waals surface area contributed by atoms with Crippen molar-refractivity contribution in [1.82, 2.24) is 18.8 Å². The van der Waals surface area contributed by atoms with E-state index in [0.717, 1.165) is 15.3 Å². The van der Waals surface area contributed by atoms with E-state index in [4.69, 9.17) is 18.6 Å². The Balaban J connectivity index is 1.09. The third-order valence-electron chi connectivity index (χ3n) is 9.81. The zero-order valence-electron chi connectivity index (χ0n) is 29.1. The fraction of sp³-hybridized carbons (Fsp3) is 0.342. The van der Waals surface area contributed by atoms with Crippen molar-refractivity contribution in [3.63, 3.8) is 0 Å². The molecule has 0 bridgehead atoms. The minimum atomic E-state index is -4.00. The number of nitrogens with zero attached hydrogens (tertiary/aromatic N) is 3. The standard InChI is InChI=1S/C38H40N4O10S/c1-49-27-10-12-28(13-11-27)53(47,48)41(18-20-43)19-21-50-35-23-25(30-24-51-33-9-5-2-6-29(33)36(30)44)22-34(52-35)37(45)40-16-14-26(15-17-40)42-32-8-4-3-7-31(32)39-38(42)46/h2-13,22,24-26,35,43H,14-21,23H2,1H3,(H,39,46)/t25-,35+/m0/s1. The van der Waals surface area contributed by atoms with Crippen molar-refractivity contribution in [2.24, 2.45) is 0 Å². The fourth-order valence-corrected chi connectivity index (χ4v) is 8.46. The molecule has 0 saturated carbocycles. The van der Waals surface area contributed by atoms with Gasteiger partial charge in [0, 0.05) is 50.1 Å². The first-order valence-corrected chi connectivity index (χ1v) is 18.9. The van der Waals surface area contributed by atoms with Gasteiger partial charge in [-0.3, -0.25) is 14.2 Å². The van der Waals surface area contributed by atoms with Gasteiger partial charge >= 0.3 is 5.69 Å². The van der Waals surface area contributed by atoms with Crippen LogP contribution in [0.3, 0.4) is 0 Å². The molecule has 0 radical (unpaired) electrons. The zero-order valence-corrected chi connectivity index (χ0v) is 29.9. The SMILES string of the molecule is COc1ccc(S(=O)(=O)N(CCO)CCO[C@H]2C[C@@H](c3coc4ccccc4c3=O)C=C(C(=O)N3CCC(n4c(=O)[nH]c5ccccc54)CC3)O2)cc1. The number of piperidine rings is 1. The highest BCUT2D eigenvalue weighted by atomic mass is 32.2. The lowest BCUT2D eigenvalue weighted by atomic mass is 9.93. The first-order valence-electron chi connectivity index (χ1n) is 17.4. The molecule has 1 saturated heterocycles. The van der Waals surface area contributed by atoms with Crippen molar-refractivity contribution in [1.29, 1.82) is 0 Å². The molecule has 15 heteroatoms. The van der Waals surface area contributed by atoms with Crippen LogP contribution in [0.2, 0.25) is 0 Å². The molecule has 1 amide bonds. The zero-order chi connectivity index (χ0) is 37.1. The number of hydrogen-bond donors (Lipinski definition) is 2. The van der Waals surface area contributed by atoms with Crippen LogP contribution in [-0.2, 0) is 24.3 Å². The van der Waals surface area contributed by atoms with E-state index in [-0.39, 0.29) is 59.8 Å². The number of benzene rings is 3. The lowest BCUT2D eigenvalue weighted by Gasteiger charge is -2.35. The second-order valence-electron chi connectivity index (χ2n) is 13.0. The van der Waals surface area contributed by atoms with Gasteiger partial charge in [0.25, 0.3) is 5.91 Å². The Hall–Kier alpha value is -5.22. The molecule has 0 unspecified atom stereocenters. The fourth-order valence-electron chi connectivity index (χ4n) is 7.04. The van der Waals surface area contributed by atoms with Gasteiger partial charge in [-0.1, -0.05) is 24.3 Å². The van der Waals surface area contributed by atoms with Gasteiger partial charge in [0.15, 0.2) is 11.2 Å². The number of rotatable bonds is 12. The van der Waals surface area contributed by atoms with Crippen molar-refractivity contribution in [3.8, 4) is 5.75 Å². The number of aliphatic hydroxyl groups is 1. The van der Waals surface area contributed by atoms with Gasteiger partial charge in [-0.15, -0.1) is 0 Å². The number of methoxy groups -OCH3 is 1. The molecule has 14 nitrogen and oxygen atoms in total. The minimum absolute atomic E-state index is 0.000381. The number of ether oxygens (including phenoxy) is 3. The maximum atomic E-state index is 14.0. The third-order valence-corrected chi connectivity index (χ3v) is 11.7. The molecule has 1 fully saturated rings. The van der Waals surface area contributed by atoms with Gasteiger partial charge in [-0.05, 0) is 67.4 Å². The monoisotopic (exact) mass is 744 g/mol. The van der Waals surface area contributed by atoms with Gasteiger partial charge in [0.05, 0.1) is 47.9 Å². The molecule has 4 heterocycles. The van der Waals surface area contributed by atoms with Crippen molar-refractivity contribution in [2.45, 2.75) is 42.4 Å². The topological polar surface area (TPSA) is 174 Å². The summed E-state index contributed by atoms with van der Waals surface area (Å²) in [4.78, 5) is 45.1. The van der Waals surface area contributed by atoms with Crippen LogP contribution < -0.4 is 15.9 Å². The molecule has 2 aromatic heterocycles. The van der Waals surface area contributed by atoms with Gasteiger partial charge in [0.2, 0.25) is 16.3 Å². The highest BCUT2D eigenvalue weighted by molar-refractivity contribution is 7.89. The quantitative estimate of drug-likeness (QED) is 0.192. The number of aromatic amines is 1. The average molecular weight is 745 g/mol. The Morgan fingerprint density at radius 2 is 1.74 bits per heavy atom. The van der Waals surface area contributed by atoms with E-state index < -0.39 is 28.8 Å². The number of carbonyl (C=O) groups is 1. The molecule has 2 aliphatic heterocycles. The van der Waals surface area contributed by atoms with E-state index in [0.29, 0.717) is 48.2 Å². The van der Waals surface area contributed by atoms with Crippen molar-refractivity contribution >= 4 is 37.9 Å². The van der Waals surface area contributed by atoms with E-state index in [9.17, 15) is 27.9 Å². The van der Waals surface area contributed by atoms with E-state index in [1.807, 2.05) is 24.3 Å². The number of allylic oxidation sites excluding steroid dienone is 1. The Kier molecular flexibility index (Phi) is 10.5. The predicted octanol–water partition coefficient (Wildman–Crippen LogP) is 3.72. The number of aromatic nitrogens is 2. The molecule has 2 atom stereocenters. The van der Waals surface area contributed by atoms with Crippen LogP contribution in [0.25, 0.3) is 22.0 Å². The summed E-state index contributed by atoms with van der Waals surface area (Å²) < 4.78 is 52.9. The summed E-state index contributed by atoms with van der Waals surface area (Å²) in [6.45, 7) is -0.110. The summed E-state index contributed by atoms with van der Waals surface area (Å²) in [6.07, 6.45) is 3.23. The third kappa shape index (κ3) is 7.38. The van der Waals surface area contributed by atoms with E-state index in [1.165, 1.54) is 37.6 Å². The van der Waals surface area contributed by atoms with Crippen LogP contribution in [0.1, 0.15) is 36.8 Å². The molecular weight excluding hydrogens is 705 g/mol. The first-order chi connectivity index (χ1) is 25.7. The lowest BCUT2D eigenvalue weighted by molar-refractivity contribution is -0.153. The van der Waals surface area contributed by atoms with Gasteiger partial charge in [0.1, 0.15) is 11.3 Å². The number of para-hydroxylation sites is 3. The summed E-state index contributed by atoms with van der Waals surface area (Å²) >= 11 is 0. The number of fused-ring (bicyclic) bond motifs is 2. The number of amides is 1. The Labute approximate surface area is 304 Å². The van der Waals surface area contributed by atoms with E-state index >= 15 is 0 Å². The van der Waals surface area contributed by atoms with Crippen LogP contribution in [0.4, 0.5) is 0 Å². The maximum absolute atomic E-state index is 14.0. The second kappa shape index (κ2) is 15.4. The normalized spacial score (nSPS) is 18.3. The van der Waals surface area contributed by atoms with Crippen LogP contribution in [0, 0.1) is 0 Å². The number of sulfonamides is 1. The molecule has 278 valence electrons. The smallest absolute Gasteiger partial charge is 0.326 e. The van der Waals surface area contributed by atoms with Crippen LogP contribution in [0.15, 0.2) is 110 Å². The first kappa shape index (κ1) is 36.2. The van der Waals surface area contributed by atoms with E-state index in [2.05, 4.69) is 4.98 Å². The van der Waals surface area contributed by atoms with Crippen molar-refractivity contribution in [2.75, 3.05) is 46.5 Å². The summed E-state index contributed by atoms with van der Waals surface area (Å²) in [5.41, 5.74) is 1.88. The number of H-pyrrole nitrogens is 1. The molecule has 2 aliphatic rings. The molecule has 53 heavy (non-hydrogen) atoms. The van der Waals surface area contributed by atoms with Crippen LogP contribution in [-0.4, -0.2) is 91.0 Å². The molecule has 0 spiro atoms. The summed E-state index contributed by atoms with van der Waals surface area (Å²) in [7, 11) is -2.52. The molecule has 7 rings (SSSR count). The van der Waals surface area contributed by atoms with Gasteiger partial charge in [-0.2, -0.15) is 4.31 Å². The number of likely N-dealkylation sites (tertiary alicyclic amines) is 1. The van der Waals surface area contributed by atoms with E-state index in [1.54, 1.807) is 39.8 Å². The summed E-state index contributed by atoms with van der Waals surface area (Å²) in [6, 6.07) is 20.2. The average Bonchev–Trinajstić information content (AvgIpc) is 3.53. The number of nitrogens with one attached hydrogen (secondary N) is 1. The molecule has 2 N–H and O–H groups in total. The summed E-state index contributed by atoms with van der Waals surface area (Å²) in [5.74, 6) is -0.507. The Bertz CT molecular complexity index is 2360. The largest absolute Gasteiger partial charge is 0.497 e. The van der Waals surface area contributed by atoms with Crippen molar-refractivity contribution < 1.29 is 36.9 Å². The maximum Gasteiger partial charge on any atom is 0.326 e. The second-order valence-corrected chi connectivity index (χ2v) is 14.9.